The van der Waals surface area contributed by atoms with Gasteiger partial charge in [0, 0.05) is 6.54 Å². The summed E-state index contributed by atoms with van der Waals surface area (Å²) in [4.78, 5) is 42.8. The smallest absolute Gasteiger partial charge is 0.241 e. The summed E-state index contributed by atoms with van der Waals surface area (Å²) in [6.07, 6.45) is 3.59. The van der Waals surface area contributed by atoms with Crippen LogP contribution >= 0.6 is 0 Å². The zero-order valence-corrected chi connectivity index (χ0v) is 19.8. The Hall–Kier alpha value is -2.41. The van der Waals surface area contributed by atoms with E-state index >= 15 is 0 Å². The maximum atomic E-state index is 13.9. The van der Waals surface area contributed by atoms with Crippen molar-refractivity contribution in [1.29, 1.82) is 0 Å². The monoisotopic (exact) mass is 449 g/mol. The van der Waals surface area contributed by atoms with Crippen LogP contribution in [0.4, 0.5) is 5.69 Å². The number of benzene rings is 1. The van der Waals surface area contributed by atoms with E-state index in [1.54, 1.807) is 0 Å². The molecule has 2 amide bonds. The van der Waals surface area contributed by atoms with E-state index in [9.17, 15) is 14.4 Å². The molecule has 0 radical (unpaired) electrons. The highest BCUT2D eigenvalue weighted by atomic mass is 16.5. The average Bonchev–Trinajstić information content (AvgIpc) is 3.31. The van der Waals surface area contributed by atoms with Gasteiger partial charge in [-0.15, -0.1) is 0 Å². The number of ketones is 1. The number of piperidine rings is 2. The van der Waals surface area contributed by atoms with E-state index in [1.165, 1.54) is 0 Å². The van der Waals surface area contributed by atoms with Crippen molar-refractivity contribution in [3.63, 3.8) is 0 Å². The van der Waals surface area contributed by atoms with Gasteiger partial charge in [0.1, 0.15) is 16.9 Å². The molecule has 8 rings (SSSR count). The van der Waals surface area contributed by atoms with E-state index in [1.807, 2.05) is 26.0 Å². The Bertz CT molecular complexity index is 1190. The van der Waals surface area contributed by atoms with Crippen LogP contribution in [0, 0.1) is 11.3 Å². The van der Waals surface area contributed by atoms with E-state index < -0.39 is 22.1 Å². The predicted octanol–water partition coefficient (Wildman–Crippen LogP) is 2.77. The number of Topliss-reactive ketones (excluding diaryl/α,β-unsaturated/α-hetero) is 1. The molecule has 0 aromatic heterocycles. The summed E-state index contributed by atoms with van der Waals surface area (Å²) in [5, 5.41) is 6.57. The number of fused-ring (bicyclic) bond motifs is 5. The minimum Gasteiger partial charge on any atom is -0.487 e. The fourth-order valence-electron chi connectivity index (χ4n) is 8.76. The lowest BCUT2D eigenvalue weighted by molar-refractivity contribution is -0.156. The molecule has 174 valence electrons. The summed E-state index contributed by atoms with van der Waals surface area (Å²) < 4.78 is 6.12. The van der Waals surface area contributed by atoms with Crippen molar-refractivity contribution in [2.75, 3.05) is 18.4 Å². The van der Waals surface area contributed by atoms with Crippen LogP contribution in [-0.2, 0) is 15.0 Å². The summed E-state index contributed by atoms with van der Waals surface area (Å²) in [7, 11) is 0. The molecule has 1 aliphatic carbocycles. The van der Waals surface area contributed by atoms with E-state index in [0.717, 1.165) is 37.9 Å². The lowest BCUT2D eigenvalue weighted by Crippen LogP contribution is -2.78. The van der Waals surface area contributed by atoms with Crippen molar-refractivity contribution in [2.45, 2.75) is 81.9 Å². The molecule has 4 saturated heterocycles. The Morgan fingerprint density at radius 2 is 1.88 bits per heavy atom. The number of carbonyl (C=O) groups excluding carboxylic acids is 3. The van der Waals surface area contributed by atoms with Gasteiger partial charge in [-0.2, -0.15) is 0 Å². The van der Waals surface area contributed by atoms with Crippen LogP contribution < -0.4 is 15.4 Å². The van der Waals surface area contributed by atoms with Gasteiger partial charge in [0.2, 0.25) is 11.8 Å². The molecule has 2 N–H and O–H groups in total. The SMILES string of the molecule is CC1(C)CC(=O)c2c(ccc3c2NC(=O)C32CC34CN5CCCC5(CC3C2(C)C)C(=O)N4)O1. The summed E-state index contributed by atoms with van der Waals surface area (Å²) >= 11 is 0. The predicted molar refractivity (Wildman–Crippen MR) is 121 cm³/mol. The summed E-state index contributed by atoms with van der Waals surface area (Å²) in [5.41, 5.74) is -0.561. The molecule has 6 heterocycles. The third-order valence-electron chi connectivity index (χ3n) is 10.1. The van der Waals surface area contributed by atoms with E-state index in [2.05, 4.69) is 29.4 Å². The fourth-order valence-corrected chi connectivity index (χ4v) is 8.76. The highest BCUT2D eigenvalue weighted by Crippen LogP contribution is 2.70. The van der Waals surface area contributed by atoms with Crippen molar-refractivity contribution in [1.82, 2.24) is 10.2 Å². The molecule has 1 aromatic carbocycles. The fraction of sp³-hybridized carbons (Fsp3) is 0.654. The largest absolute Gasteiger partial charge is 0.487 e. The van der Waals surface area contributed by atoms with Crippen LogP contribution in [0.3, 0.4) is 0 Å². The Balaban J connectivity index is 1.41. The lowest BCUT2D eigenvalue weighted by Gasteiger charge is -2.60. The van der Waals surface area contributed by atoms with Gasteiger partial charge in [-0.05, 0) is 69.0 Å². The summed E-state index contributed by atoms with van der Waals surface area (Å²) in [6, 6.07) is 3.86. The Morgan fingerprint density at radius 1 is 1.09 bits per heavy atom. The molecule has 6 aliphatic heterocycles. The number of anilines is 1. The molecule has 33 heavy (non-hydrogen) atoms. The first-order valence-corrected chi connectivity index (χ1v) is 12.2. The number of amides is 2. The van der Waals surface area contributed by atoms with Crippen molar-refractivity contribution in [3.05, 3.63) is 23.3 Å². The first-order chi connectivity index (χ1) is 15.5. The zero-order valence-electron chi connectivity index (χ0n) is 19.8. The van der Waals surface area contributed by atoms with E-state index in [4.69, 9.17) is 4.74 Å². The molecule has 2 bridgehead atoms. The molecule has 7 aliphatic rings. The number of rotatable bonds is 0. The maximum absolute atomic E-state index is 13.9. The van der Waals surface area contributed by atoms with Crippen molar-refractivity contribution < 1.29 is 19.1 Å². The van der Waals surface area contributed by atoms with Gasteiger partial charge >= 0.3 is 0 Å². The van der Waals surface area contributed by atoms with Gasteiger partial charge in [-0.3, -0.25) is 19.3 Å². The molecular weight excluding hydrogens is 418 g/mol. The lowest BCUT2D eigenvalue weighted by atomic mass is 9.57. The van der Waals surface area contributed by atoms with Crippen LogP contribution in [0.25, 0.3) is 0 Å². The van der Waals surface area contributed by atoms with Crippen LogP contribution in [0.15, 0.2) is 12.1 Å². The number of piperazine rings is 1. The van der Waals surface area contributed by atoms with E-state index in [0.29, 0.717) is 23.4 Å². The zero-order chi connectivity index (χ0) is 23.2. The normalized spacial score (nSPS) is 41.2. The highest BCUT2D eigenvalue weighted by Gasteiger charge is 2.77. The molecule has 7 nitrogen and oxygen atoms in total. The number of hydrogen-bond acceptors (Lipinski definition) is 5. The molecule has 4 atom stereocenters. The molecule has 1 saturated carbocycles. The third-order valence-corrected chi connectivity index (χ3v) is 10.1. The Kier molecular flexibility index (Phi) is 3.31. The molecular formula is C26H31N3O4. The van der Waals surface area contributed by atoms with Crippen LogP contribution in [0.5, 0.6) is 5.75 Å². The third kappa shape index (κ3) is 2.02. The topological polar surface area (TPSA) is 87.7 Å². The number of carbonyl (C=O) groups is 3. The Labute approximate surface area is 193 Å². The minimum absolute atomic E-state index is 0.00981. The van der Waals surface area contributed by atoms with Gasteiger partial charge in [0.25, 0.3) is 0 Å². The van der Waals surface area contributed by atoms with Crippen LogP contribution in [0.1, 0.15) is 75.7 Å². The molecule has 5 fully saturated rings. The molecule has 1 aromatic rings. The summed E-state index contributed by atoms with van der Waals surface area (Å²) in [6.45, 7) is 9.98. The maximum Gasteiger partial charge on any atom is 0.241 e. The second-order valence-corrected chi connectivity index (χ2v) is 12.5. The number of hydrogen-bond donors (Lipinski definition) is 2. The van der Waals surface area contributed by atoms with Crippen molar-refractivity contribution >= 4 is 23.3 Å². The second kappa shape index (κ2) is 5.45. The van der Waals surface area contributed by atoms with Gasteiger partial charge < -0.3 is 15.4 Å². The molecule has 4 unspecified atom stereocenters. The van der Waals surface area contributed by atoms with Crippen molar-refractivity contribution in [2.24, 2.45) is 11.3 Å². The average molecular weight is 450 g/mol. The molecule has 3 spiro atoms. The number of nitrogens with one attached hydrogen (secondary N) is 2. The quantitative estimate of drug-likeness (QED) is 0.636. The summed E-state index contributed by atoms with van der Waals surface area (Å²) in [5.74, 6) is 0.844. The molecule has 7 heteroatoms. The van der Waals surface area contributed by atoms with Crippen molar-refractivity contribution in [3.8, 4) is 5.75 Å². The van der Waals surface area contributed by atoms with Gasteiger partial charge in [0.05, 0.1) is 28.6 Å². The Morgan fingerprint density at radius 3 is 2.67 bits per heavy atom. The van der Waals surface area contributed by atoms with E-state index in [-0.39, 0.29) is 35.4 Å². The van der Waals surface area contributed by atoms with Gasteiger partial charge in [-0.25, -0.2) is 0 Å². The number of ether oxygens (including phenoxy) is 1. The first kappa shape index (κ1) is 20.0. The van der Waals surface area contributed by atoms with Crippen LogP contribution in [0.2, 0.25) is 0 Å². The first-order valence-electron chi connectivity index (χ1n) is 12.2. The highest BCUT2D eigenvalue weighted by molar-refractivity contribution is 6.15. The standard InChI is InChI=1S/C26H31N3O4/c1-22(2)10-15(30)18-16(33-22)7-6-14-19(18)27-21(32)26(14)12-24-13-29-9-5-8-25(29,20(31)28-24)11-17(24)23(26,3)4/h6-7,17H,5,8-13H2,1-4H3,(H,27,32)(H,28,31). The van der Waals surface area contributed by atoms with Crippen LogP contribution in [-0.4, -0.2) is 52.3 Å². The van der Waals surface area contributed by atoms with Gasteiger partial charge in [-0.1, -0.05) is 19.9 Å². The number of nitrogens with zero attached hydrogens (tertiary/aromatic N) is 1. The minimum atomic E-state index is -0.798. The van der Waals surface area contributed by atoms with Gasteiger partial charge in [0.15, 0.2) is 5.78 Å². The second-order valence-electron chi connectivity index (χ2n) is 12.5.